The molecule has 9 nitrogen and oxygen atoms in total. The molecule has 0 radical (unpaired) electrons. The first-order valence-corrected chi connectivity index (χ1v) is 17.4. The van der Waals surface area contributed by atoms with Crippen LogP contribution in [-0.2, 0) is 29.2 Å². The molecule has 1 saturated heterocycles. The summed E-state index contributed by atoms with van der Waals surface area (Å²) in [5.41, 5.74) is 0.405. The van der Waals surface area contributed by atoms with Gasteiger partial charge in [-0.3, -0.25) is 14.1 Å². The Kier molecular flexibility index (Phi) is 8.34. The average Bonchev–Trinajstić information content (AvgIpc) is 3.38. The van der Waals surface area contributed by atoms with Crippen LogP contribution < -0.4 is 4.74 Å². The van der Waals surface area contributed by atoms with Crippen LogP contribution in [0.25, 0.3) is 0 Å². The Hall–Kier alpha value is 0.410. The van der Waals surface area contributed by atoms with E-state index in [1.165, 1.54) is 12.1 Å². The van der Waals surface area contributed by atoms with Gasteiger partial charge in [0.25, 0.3) is 10.1 Å². The smallest absolute Gasteiger partial charge is 0.339 e. The second kappa shape index (κ2) is 10.7. The maximum atomic E-state index is 13.3. The van der Waals surface area contributed by atoms with Crippen molar-refractivity contribution in [3.8, 4) is 5.75 Å². The summed E-state index contributed by atoms with van der Waals surface area (Å²) in [5, 5.41) is 0. The molecule has 196 valence electrons. The number of ether oxygens (including phenoxy) is 3. The number of hydrogen-bond acceptors (Lipinski definition) is 8. The fraction of sp³-hybridized carbons (Fsp3) is 0.318. The first-order chi connectivity index (χ1) is 17.3. The van der Waals surface area contributed by atoms with E-state index in [-0.39, 0.29) is 23.7 Å². The van der Waals surface area contributed by atoms with Crippen molar-refractivity contribution < 1.29 is 41.6 Å². The Morgan fingerprint density at radius 3 is 2.24 bits per heavy atom. The van der Waals surface area contributed by atoms with Gasteiger partial charge in [0.2, 0.25) is 0 Å². The van der Waals surface area contributed by atoms with Crippen molar-refractivity contribution in [3.63, 3.8) is 0 Å². The number of esters is 3. The van der Waals surface area contributed by atoms with E-state index >= 15 is 0 Å². The van der Waals surface area contributed by atoms with E-state index in [4.69, 9.17) is 14.2 Å². The van der Waals surface area contributed by atoms with Gasteiger partial charge in [0.15, 0.2) is 0 Å². The van der Waals surface area contributed by atoms with E-state index in [0.29, 0.717) is 12.0 Å². The topological polar surface area (TPSA) is 133 Å². The molecule has 2 aromatic carbocycles. The number of rotatable bonds is 5. The number of benzene rings is 2. The molecule has 1 N–H and O–H groups in total. The lowest BCUT2D eigenvalue weighted by molar-refractivity contribution is -0.149. The van der Waals surface area contributed by atoms with E-state index in [1.807, 2.05) is 6.07 Å². The third-order valence-corrected chi connectivity index (χ3v) is 13.8. The second-order valence-corrected chi connectivity index (χ2v) is 15.9. The Morgan fingerprint density at radius 1 is 0.973 bits per heavy atom. The summed E-state index contributed by atoms with van der Waals surface area (Å²) in [6.07, 6.45) is -0.909. The molecule has 3 fully saturated rings. The van der Waals surface area contributed by atoms with Gasteiger partial charge < -0.3 is 14.2 Å². The molecule has 6 atom stereocenters. The summed E-state index contributed by atoms with van der Waals surface area (Å²) in [4.78, 5) is 38.9. The molecular weight excluding hydrogens is 1070 g/mol. The van der Waals surface area contributed by atoms with Gasteiger partial charge in [-0.25, -0.2) is 4.79 Å². The molecule has 0 aromatic heterocycles. The van der Waals surface area contributed by atoms with E-state index < -0.39 is 58.0 Å². The molecule has 0 spiro atoms. The van der Waals surface area contributed by atoms with Crippen molar-refractivity contribution in [2.45, 2.75) is 23.5 Å². The summed E-state index contributed by atoms with van der Waals surface area (Å²) >= 11 is 9.82. The van der Waals surface area contributed by atoms with E-state index in [2.05, 4.69) is 67.8 Å². The van der Waals surface area contributed by atoms with Crippen LogP contribution in [0.15, 0.2) is 29.2 Å². The lowest BCUT2D eigenvalue weighted by Gasteiger charge is -2.30. The highest BCUT2D eigenvalue weighted by molar-refractivity contribution is 14.1. The molecule has 0 amide bonds. The molecule has 37 heavy (non-hydrogen) atoms. The van der Waals surface area contributed by atoms with Crippen LogP contribution >= 0.6 is 113 Å². The predicted molar refractivity (Wildman–Crippen MR) is 170 cm³/mol. The number of carbonyl (C=O) groups is 3. The first kappa shape index (κ1) is 28.9. The summed E-state index contributed by atoms with van der Waals surface area (Å²) in [6, 6.07) is 6.32. The van der Waals surface area contributed by atoms with Crippen molar-refractivity contribution >= 4 is 141 Å². The maximum Gasteiger partial charge on any atom is 0.339 e. The van der Waals surface area contributed by atoms with Gasteiger partial charge in [-0.05, 0) is 144 Å². The Labute approximate surface area is 279 Å². The van der Waals surface area contributed by atoms with Crippen molar-refractivity contribution in [2.24, 2.45) is 23.7 Å². The molecule has 2 aromatic rings. The zero-order valence-corrected chi connectivity index (χ0v) is 29.6. The molecule has 15 heteroatoms. The molecule has 2 aliphatic carbocycles. The van der Waals surface area contributed by atoms with Crippen molar-refractivity contribution in [3.05, 3.63) is 47.7 Å². The van der Waals surface area contributed by atoms with Crippen molar-refractivity contribution in [1.29, 1.82) is 0 Å². The standard InChI is InChI=1S/C22H13I5O9S/c23-6-1-10(16(27)11(24)2-6)20(28)35-17-8-5-9-15(22(30)36-18(9)17)14(8)21(29)34-7-3-12(25)19(13(26)4-7)37(31,32)33/h1-4,8-9,14-15,17-18H,5H2,(H,31,32,33). The highest BCUT2D eigenvalue weighted by atomic mass is 127. The quantitative estimate of drug-likeness (QED) is 0.146. The molecule has 5 rings (SSSR count). The lowest BCUT2D eigenvalue weighted by Crippen LogP contribution is -2.44. The minimum atomic E-state index is -4.46. The molecule has 2 saturated carbocycles. The molecule has 1 aliphatic heterocycles. The van der Waals surface area contributed by atoms with E-state index in [0.717, 1.165) is 10.7 Å². The molecular formula is C22H13I5O9S. The zero-order valence-electron chi connectivity index (χ0n) is 18.0. The number of carbonyl (C=O) groups excluding carboxylic acids is 3. The van der Waals surface area contributed by atoms with Crippen LogP contribution in [-0.4, -0.2) is 43.1 Å². The molecule has 2 bridgehead atoms. The fourth-order valence-corrected chi connectivity index (χ4v) is 11.8. The Bertz CT molecular complexity index is 1450. The van der Waals surface area contributed by atoms with Crippen molar-refractivity contribution in [1.82, 2.24) is 0 Å². The Balaban J connectivity index is 1.40. The number of hydrogen-bond donors (Lipinski definition) is 1. The SMILES string of the molecule is O=C(OC1C2CC3C1OC(=O)C3C2C(=O)Oc1cc(I)c(S(=O)(=O)O)c(I)c1)c1cc(I)cc(I)c1I. The third kappa shape index (κ3) is 5.27. The third-order valence-electron chi connectivity index (χ3n) is 6.72. The summed E-state index contributed by atoms with van der Waals surface area (Å²) in [5.74, 6) is -3.94. The van der Waals surface area contributed by atoms with Gasteiger partial charge in [-0.1, -0.05) is 0 Å². The summed E-state index contributed by atoms with van der Waals surface area (Å²) in [7, 11) is -4.46. The maximum absolute atomic E-state index is 13.3. The van der Waals surface area contributed by atoms with Gasteiger partial charge >= 0.3 is 17.9 Å². The van der Waals surface area contributed by atoms with E-state index in [1.54, 1.807) is 51.2 Å². The number of halogens is 5. The van der Waals surface area contributed by atoms with E-state index in [9.17, 15) is 27.4 Å². The fourth-order valence-electron chi connectivity index (χ4n) is 5.39. The van der Waals surface area contributed by atoms with Gasteiger partial charge in [-0.15, -0.1) is 0 Å². The minimum Gasteiger partial charge on any atom is -0.458 e. The largest absolute Gasteiger partial charge is 0.458 e. The van der Waals surface area contributed by atoms with Gasteiger partial charge in [-0.2, -0.15) is 8.42 Å². The highest BCUT2D eigenvalue weighted by Crippen LogP contribution is 2.59. The predicted octanol–water partition coefficient (Wildman–Crippen LogP) is 4.89. The molecule has 1 heterocycles. The van der Waals surface area contributed by atoms with Crippen LogP contribution in [0.5, 0.6) is 5.75 Å². The highest BCUT2D eigenvalue weighted by Gasteiger charge is 2.70. The monoisotopic (exact) mass is 1090 g/mol. The van der Waals surface area contributed by atoms with Gasteiger partial charge in [0.1, 0.15) is 22.9 Å². The minimum absolute atomic E-state index is 0.0772. The van der Waals surface area contributed by atoms with Gasteiger partial charge in [0, 0.05) is 29.7 Å². The zero-order chi connectivity index (χ0) is 27.0. The van der Waals surface area contributed by atoms with Crippen LogP contribution in [0.4, 0.5) is 0 Å². The lowest BCUT2D eigenvalue weighted by atomic mass is 9.78. The first-order valence-electron chi connectivity index (χ1n) is 10.5. The van der Waals surface area contributed by atoms with Crippen LogP contribution in [0.1, 0.15) is 16.8 Å². The average molecular weight is 1090 g/mol. The number of fused-ring (bicyclic) bond motifs is 1. The molecule has 6 unspecified atom stereocenters. The van der Waals surface area contributed by atoms with Crippen LogP contribution in [0, 0.1) is 41.5 Å². The Morgan fingerprint density at radius 2 is 1.62 bits per heavy atom. The molecule has 3 aliphatic rings. The summed E-state index contributed by atoms with van der Waals surface area (Å²) < 4.78 is 52.7. The summed E-state index contributed by atoms with van der Waals surface area (Å²) in [6.45, 7) is 0. The van der Waals surface area contributed by atoms with Crippen molar-refractivity contribution in [2.75, 3.05) is 0 Å². The normalized spacial score (nSPS) is 27.8. The van der Waals surface area contributed by atoms with Gasteiger partial charge in [0.05, 0.1) is 17.4 Å². The van der Waals surface area contributed by atoms with Crippen LogP contribution in [0.2, 0.25) is 0 Å². The second-order valence-electron chi connectivity index (χ2n) is 8.75. The van der Waals surface area contributed by atoms with Crippen LogP contribution in [0.3, 0.4) is 0 Å².